The van der Waals surface area contributed by atoms with Crippen LogP contribution in [0.3, 0.4) is 0 Å². The number of alkyl halides is 3. The van der Waals surface area contributed by atoms with Crippen molar-refractivity contribution in [1.82, 2.24) is 9.97 Å². The van der Waals surface area contributed by atoms with Crippen LogP contribution >= 0.6 is 0 Å². The molecule has 8 heteroatoms. The third-order valence-corrected chi connectivity index (χ3v) is 5.96. The van der Waals surface area contributed by atoms with Crippen LogP contribution < -0.4 is 11.5 Å². The van der Waals surface area contributed by atoms with Crippen molar-refractivity contribution >= 4 is 33.8 Å². The highest BCUT2D eigenvalue weighted by Crippen LogP contribution is 2.37. The molecular weight excluding hydrogens is 487 g/mol. The number of hydrogen-bond acceptors (Lipinski definition) is 4. The van der Waals surface area contributed by atoms with Crippen LogP contribution in [0.2, 0.25) is 0 Å². The molecule has 1 heterocycles. The lowest BCUT2D eigenvalue weighted by molar-refractivity contribution is -0.137. The molecule has 0 bridgehead atoms. The average Bonchev–Trinajstić information content (AvgIpc) is 2.93. The third-order valence-electron chi connectivity index (χ3n) is 5.96. The summed E-state index contributed by atoms with van der Waals surface area (Å²) in [6, 6.07) is 30.7. The van der Waals surface area contributed by atoms with Crippen LogP contribution in [0.4, 0.5) is 19.0 Å². The fraction of sp³-hybridized carbons (Fsp3) is 0.0333. The summed E-state index contributed by atoms with van der Waals surface area (Å²) in [6.45, 7) is 0. The number of nitrogens with two attached hydrogens (primary N) is 2. The second-order valence-electron chi connectivity index (χ2n) is 8.45. The third kappa shape index (κ3) is 4.97. The Morgan fingerprint density at radius 2 is 1.24 bits per heavy atom. The molecule has 0 aliphatic carbocycles. The molecule has 5 rings (SSSR count). The molecule has 4 aromatic carbocycles. The second-order valence-corrected chi connectivity index (χ2v) is 8.45. The lowest BCUT2D eigenvalue weighted by Crippen LogP contribution is -2.18. The van der Waals surface area contributed by atoms with E-state index in [4.69, 9.17) is 11.5 Å². The minimum Gasteiger partial charge on any atom is -0.398 e. The van der Waals surface area contributed by atoms with Crippen molar-refractivity contribution < 1.29 is 13.2 Å². The smallest absolute Gasteiger partial charge is 0.398 e. The van der Waals surface area contributed by atoms with Crippen molar-refractivity contribution in [1.29, 1.82) is 0 Å². The molecule has 0 radical (unpaired) electrons. The van der Waals surface area contributed by atoms with Crippen LogP contribution in [0.25, 0.3) is 33.6 Å². The topological polar surface area (TPSA) is 90.2 Å². The number of nitrogens with zero attached hydrogens (tertiary/aromatic N) is 3. The minimum atomic E-state index is -4.58. The van der Waals surface area contributed by atoms with Gasteiger partial charge in [-0.2, -0.15) is 13.2 Å². The number of aromatic nitrogens is 2. The lowest BCUT2D eigenvalue weighted by atomic mass is 9.99. The van der Waals surface area contributed by atoms with Gasteiger partial charge in [0.25, 0.3) is 0 Å². The maximum absolute atomic E-state index is 13.8. The van der Waals surface area contributed by atoms with Gasteiger partial charge in [-0.3, -0.25) is 0 Å². The molecule has 0 aliphatic rings. The number of fused-ring (bicyclic) bond motifs is 1. The van der Waals surface area contributed by atoms with Gasteiger partial charge in [-0.25, -0.2) is 15.0 Å². The monoisotopic (exact) mass is 509 g/mol. The Hall–Kier alpha value is -4.98. The SMILES string of the molecule is NC(=Nc1nc(-c2ccccc2C(F)(F)F)nc2ccccc12)/C(=C(\N)c1ccccc1)c1ccccc1. The van der Waals surface area contributed by atoms with E-state index in [0.29, 0.717) is 22.2 Å². The number of para-hydroxylation sites is 1. The molecule has 0 unspecified atom stereocenters. The van der Waals surface area contributed by atoms with Gasteiger partial charge in [-0.15, -0.1) is 0 Å². The molecule has 1 aromatic heterocycles. The highest BCUT2D eigenvalue weighted by Gasteiger charge is 2.34. The Bertz CT molecular complexity index is 1660. The van der Waals surface area contributed by atoms with E-state index in [2.05, 4.69) is 15.0 Å². The molecule has 0 fully saturated rings. The molecule has 38 heavy (non-hydrogen) atoms. The zero-order chi connectivity index (χ0) is 26.7. The van der Waals surface area contributed by atoms with Gasteiger partial charge >= 0.3 is 6.18 Å². The maximum Gasteiger partial charge on any atom is 0.417 e. The highest BCUT2D eigenvalue weighted by molar-refractivity contribution is 6.29. The quantitative estimate of drug-likeness (QED) is 0.154. The van der Waals surface area contributed by atoms with Gasteiger partial charge < -0.3 is 11.5 Å². The summed E-state index contributed by atoms with van der Waals surface area (Å²) in [6.07, 6.45) is -4.58. The van der Waals surface area contributed by atoms with Crippen molar-refractivity contribution in [3.8, 4) is 11.4 Å². The fourth-order valence-electron chi connectivity index (χ4n) is 4.17. The number of hydrogen-bond donors (Lipinski definition) is 2. The van der Waals surface area contributed by atoms with Crippen LogP contribution in [0, 0.1) is 0 Å². The van der Waals surface area contributed by atoms with E-state index < -0.39 is 11.7 Å². The van der Waals surface area contributed by atoms with Gasteiger partial charge in [0, 0.05) is 16.5 Å². The first kappa shape index (κ1) is 24.7. The van der Waals surface area contributed by atoms with Gasteiger partial charge in [0.15, 0.2) is 11.6 Å². The average molecular weight is 510 g/mol. The van der Waals surface area contributed by atoms with Crippen LogP contribution in [0.15, 0.2) is 114 Å². The molecule has 188 valence electrons. The predicted molar refractivity (Wildman–Crippen MR) is 145 cm³/mol. The van der Waals surface area contributed by atoms with Crippen LogP contribution in [-0.2, 0) is 6.18 Å². The second kappa shape index (κ2) is 10.2. The Morgan fingerprint density at radius 3 is 1.92 bits per heavy atom. The number of amidine groups is 1. The van der Waals surface area contributed by atoms with Gasteiger partial charge in [0.2, 0.25) is 0 Å². The molecule has 0 atom stereocenters. The Balaban J connectivity index is 1.74. The summed E-state index contributed by atoms with van der Waals surface area (Å²) in [5.41, 5.74) is 15.0. The normalized spacial score (nSPS) is 12.9. The molecule has 0 amide bonds. The van der Waals surface area contributed by atoms with E-state index in [-0.39, 0.29) is 23.0 Å². The van der Waals surface area contributed by atoms with Crippen molar-refractivity contribution in [2.75, 3.05) is 0 Å². The maximum atomic E-state index is 13.8. The highest BCUT2D eigenvalue weighted by atomic mass is 19.4. The standard InChI is InChI=1S/C30H22F3N5/c31-30(32,33)23-17-9-7-15-21(23)28-36-24-18-10-8-16-22(24)29(38-28)37-27(35)25(19-11-3-1-4-12-19)26(34)20-13-5-2-6-14-20/h1-18H,34H2,(H2,35,36,37,38)/b26-25-. The van der Waals surface area contributed by atoms with Gasteiger partial charge in [-0.1, -0.05) is 91.0 Å². The van der Waals surface area contributed by atoms with Crippen LogP contribution in [-0.4, -0.2) is 15.8 Å². The summed E-state index contributed by atoms with van der Waals surface area (Å²) >= 11 is 0. The molecular formula is C30H22F3N5. The van der Waals surface area contributed by atoms with E-state index in [1.54, 1.807) is 24.3 Å². The molecule has 0 spiro atoms. The van der Waals surface area contributed by atoms with Crippen molar-refractivity contribution in [2.24, 2.45) is 16.5 Å². The van der Waals surface area contributed by atoms with Gasteiger partial charge in [-0.05, 0) is 29.3 Å². The summed E-state index contributed by atoms with van der Waals surface area (Å²) in [7, 11) is 0. The van der Waals surface area contributed by atoms with Crippen LogP contribution in [0.5, 0.6) is 0 Å². The van der Waals surface area contributed by atoms with Gasteiger partial charge in [0.1, 0.15) is 5.84 Å². The number of rotatable bonds is 5. The zero-order valence-corrected chi connectivity index (χ0v) is 20.0. The first-order valence-electron chi connectivity index (χ1n) is 11.7. The summed E-state index contributed by atoms with van der Waals surface area (Å²) in [4.78, 5) is 13.5. The molecule has 0 aliphatic heterocycles. The lowest BCUT2D eigenvalue weighted by Gasteiger charge is -2.14. The van der Waals surface area contributed by atoms with Gasteiger partial charge in [0.05, 0.1) is 16.8 Å². The number of halogens is 3. The summed E-state index contributed by atoms with van der Waals surface area (Å²) in [5, 5.41) is 0.536. The zero-order valence-electron chi connectivity index (χ0n) is 20.0. The number of aliphatic imine (C=N–C) groups is 1. The molecule has 5 aromatic rings. The summed E-state index contributed by atoms with van der Waals surface area (Å²) < 4.78 is 41.3. The van der Waals surface area contributed by atoms with E-state index in [1.165, 1.54) is 18.2 Å². The molecule has 0 saturated carbocycles. The number of benzene rings is 4. The van der Waals surface area contributed by atoms with E-state index in [1.807, 2.05) is 60.7 Å². The first-order chi connectivity index (χ1) is 18.3. The summed E-state index contributed by atoms with van der Waals surface area (Å²) in [5.74, 6) is 0.0929. The predicted octanol–water partition coefficient (Wildman–Crippen LogP) is 6.83. The van der Waals surface area contributed by atoms with E-state index in [0.717, 1.165) is 17.2 Å². The molecule has 4 N–H and O–H groups in total. The molecule has 5 nitrogen and oxygen atoms in total. The molecule has 0 saturated heterocycles. The largest absolute Gasteiger partial charge is 0.417 e. The minimum absolute atomic E-state index is 0.0662. The Kier molecular flexibility index (Phi) is 6.62. The van der Waals surface area contributed by atoms with E-state index >= 15 is 0 Å². The van der Waals surface area contributed by atoms with Crippen molar-refractivity contribution in [3.05, 3.63) is 126 Å². The van der Waals surface area contributed by atoms with Crippen LogP contribution in [0.1, 0.15) is 16.7 Å². The Labute approximate surface area is 217 Å². The van der Waals surface area contributed by atoms with E-state index in [9.17, 15) is 13.2 Å². The van der Waals surface area contributed by atoms with Crippen molar-refractivity contribution in [2.45, 2.75) is 6.18 Å². The Morgan fingerprint density at radius 1 is 0.658 bits per heavy atom. The first-order valence-corrected chi connectivity index (χ1v) is 11.7. The fourth-order valence-corrected chi connectivity index (χ4v) is 4.17. The van der Waals surface area contributed by atoms with Crippen molar-refractivity contribution in [3.63, 3.8) is 0 Å².